The maximum absolute atomic E-state index is 13.2. The highest BCUT2D eigenvalue weighted by Crippen LogP contribution is 2.40. The molecule has 3 rings (SSSR count). The first-order valence-corrected chi connectivity index (χ1v) is 12.1. The largest absolute Gasteiger partial charge is 0.477 e. The monoisotopic (exact) mass is 512 g/mol. The zero-order chi connectivity index (χ0) is 26.9. The van der Waals surface area contributed by atoms with Crippen molar-refractivity contribution in [2.45, 2.75) is 52.4 Å². The summed E-state index contributed by atoms with van der Waals surface area (Å²) in [6, 6.07) is 7.72. The third-order valence-electron chi connectivity index (χ3n) is 6.00. The molecule has 2 heterocycles. The number of esters is 2. The van der Waals surface area contributed by atoms with Crippen molar-refractivity contribution in [2.75, 3.05) is 20.3 Å². The number of nitro groups is 1. The van der Waals surface area contributed by atoms with Gasteiger partial charge in [0.1, 0.15) is 0 Å². The molecule has 0 amide bonds. The van der Waals surface area contributed by atoms with E-state index in [0.29, 0.717) is 35.9 Å². The van der Waals surface area contributed by atoms with Crippen molar-refractivity contribution >= 4 is 17.6 Å². The summed E-state index contributed by atoms with van der Waals surface area (Å²) >= 11 is 0. The number of dihydropyridines is 1. The average Bonchev–Trinajstić information content (AvgIpc) is 3.29. The van der Waals surface area contributed by atoms with Crippen LogP contribution < -0.4 is 10.1 Å². The number of methoxy groups -OCH3 is 1. The Morgan fingerprint density at radius 2 is 1.68 bits per heavy atom. The van der Waals surface area contributed by atoms with Crippen molar-refractivity contribution < 1.29 is 28.7 Å². The number of allylic oxidation sites excluding steroid dienone is 2. The van der Waals surface area contributed by atoms with Gasteiger partial charge in [0.15, 0.2) is 0 Å². The molecule has 1 aliphatic heterocycles. The lowest BCUT2D eigenvalue weighted by Crippen LogP contribution is -2.32. The molecule has 1 atom stereocenters. The van der Waals surface area contributed by atoms with Gasteiger partial charge in [-0.2, -0.15) is 0 Å². The van der Waals surface area contributed by atoms with Crippen LogP contribution in [-0.4, -0.2) is 47.4 Å². The molecule has 1 aromatic carbocycles. The zero-order valence-electron chi connectivity index (χ0n) is 21.5. The smallest absolute Gasteiger partial charge is 0.336 e. The number of nitrogens with zero attached hydrogens (tertiary/aromatic N) is 2. The van der Waals surface area contributed by atoms with Crippen LogP contribution in [0.15, 0.2) is 52.9 Å². The summed E-state index contributed by atoms with van der Waals surface area (Å²) < 4.78 is 16.1. The van der Waals surface area contributed by atoms with E-state index in [-0.39, 0.29) is 23.4 Å². The Hall–Kier alpha value is -4.15. The number of non-ortho nitro benzene ring substituents is 1. The molecule has 0 saturated heterocycles. The standard InChI is InChI=1S/C26H32N4O7/c1-16-14-21(29-28-16)36-12-7-5-6-8-13-37-26(32)23-18(3)27-17(2)22(25(31)35-4)24(23)19-10-9-11-20(15-19)30(33)34/h9-11,14-15,24,27H,5-8,12-13H2,1-4H3,(H,28,29). The Bertz CT molecular complexity index is 1220. The Balaban J connectivity index is 1.63. The summed E-state index contributed by atoms with van der Waals surface area (Å²) in [5.74, 6) is -1.52. The van der Waals surface area contributed by atoms with Crippen LogP contribution in [0.1, 0.15) is 56.7 Å². The molecular formula is C26H32N4O7. The van der Waals surface area contributed by atoms with Crippen LogP contribution in [0, 0.1) is 17.0 Å². The average molecular weight is 513 g/mol. The Morgan fingerprint density at radius 1 is 1.00 bits per heavy atom. The highest BCUT2D eigenvalue weighted by atomic mass is 16.6. The van der Waals surface area contributed by atoms with Gasteiger partial charge in [-0.05, 0) is 52.0 Å². The number of rotatable bonds is 12. The minimum atomic E-state index is -0.871. The molecular weight excluding hydrogens is 480 g/mol. The van der Waals surface area contributed by atoms with E-state index in [2.05, 4.69) is 15.5 Å². The lowest BCUT2D eigenvalue weighted by Gasteiger charge is -2.30. The number of nitrogens with one attached hydrogen (secondary N) is 2. The molecule has 0 spiro atoms. The molecule has 0 bridgehead atoms. The van der Waals surface area contributed by atoms with E-state index >= 15 is 0 Å². The summed E-state index contributed by atoms with van der Waals surface area (Å²) in [4.78, 5) is 36.7. The van der Waals surface area contributed by atoms with Crippen LogP contribution >= 0.6 is 0 Å². The predicted octanol–water partition coefficient (Wildman–Crippen LogP) is 4.22. The number of nitro benzene ring substituents is 1. The number of aryl methyl sites for hydroxylation is 1. The van der Waals surface area contributed by atoms with E-state index in [9.17, 15) is 19.7 Å². The summed E-state index contributed by atoms with van der Waals surface area (Å²) in [6.07, 6.45) is 3.24. The molecule has 0 fully saturated rings. The molecule has 1 aromatic heterocycles. The lowest BCUT2D eigenvalue weighted by atomic mass is 9.80. The minimum absolute atomic E-state index is 0.144. The molecule has 11 heteroatoms. The molecule has 2 N–H and O–H groups in total. The van der Waals surface area contributed by atoms with Gasteiger partial charge in [-0.15, -0.1) is 5.10 Å². The molecule has 0 aliphatic carbocycles. The number of hydrogen-bond acceptors (Lipinski definition) is 9. The molecule has 1 unspecified atom stereocenters. The van der Waals surface area contributed by atoms with Crippen molar-refractivity contribution in [3.05, 3.63) is 74.2 Å². The maximum atomic E-state index is 13.2. The van der Waals surface area contributed by atoms with Crippen LogP contribution in [0.2, 0.25) is 0 Å². The molecule has 0 saturated carbocycles. The summed E-state index contributed by atoms with van der Waals surface area (Å²) in [7, 11) is 1.25. The number of benzene rings is 1. The fourth-order valence-electron chi connectivity index (χ4n) is 4.24. The second-order valence-corrected chi connectivity index (χ2v) is 8.77. The number of ether oxygens (including phenoxy) is 3. The molecule has 0 radical (unpaired) electrons. The lowest BCUT2D eigenvalue weighted by molar-refractivity contribution is -0.384. The molecule has 11 nitrogen and oxygen atoms in total. The normalized spacial score (nSPS) is 15.3. The topological polar surface area (TPSA) is 146 Å². The van der Waals surface area contributed by atoms with E-state index in [1.54, 1.807) is 19.9 Å². The van der Waals surface area contributed by atoms with Crippen LogP contribution in [0.3, 0.4) is 0 Å². The van der Waals surface area contributed by atoms with Gasteiger partial charge in [-0.1, -0.05) is 12.1 Å². The van der Waals surface area contributed by atoms with Gasteiger partial charge in [-0.3, -0.25) is 15.2 Å². The Labute approximate surface area is 215 Å². The summed E-state index contributed by atoms with van der Waals surface area (Å²) in [6.45, 7) is 6.06. The first kappa shape index (κ1) is 27.4. The number of aromatic nitrogens is 2. The first-order valence-electron chi connectivity index (χ1n) is 12.1. The van der Waals surface area contributed by atoms with Gasteiger partial charge in [0.25, 0.3) is 5.69 Å². The second kappa shape index (κ2) is 12.7. The number of H-pyrrole nitrogens is 1. The van der Waals surface area contributed by atoms with Gasteiger partial charge in [-0.25, -0.2) is 9.59 Å². The molecule has 37 heavy (non-hydrogen) atoms. The highest BCUT2D eigenvalue weighted by Gasteiger charge is 2.38. The van der Waals surface area contributed by atoms with Crippen molar-refractivity contribution in [3.8, 4) is 5.88 Å². The van der Waals surface area contributed by atoms with Gasteiger partial charge in [0.2, 0.25) is 5.88 Å². The van der Waals surface area contributed by atoms with Gasteiger partial charge in [0, 0.05) is 35.3 Å². The highest BCUT2D eigenvalue weighted by molar-refractivity contribution is 5.99. The van der Waals surface area contributed by atoms with E-state index in [1.807, 2.05) is 13.0 Å². The van der Waals surface area contributed by atoms with Gasteiger partial charge >= 0.3 is 11.9 Å². The first-order chi connectivity index (χ1) is 17.7. The summed E-state index contributed by atoms with van der Waals surface area (Å²) in [5, 5.41) is 21.3. The van der Waals surface area contributed by atoms with Crippen LogP contribution in [0.25, 0.3) is 0 Å². The Kier molecular flexibility index (Phi) is 9.42. The second-order valence-electron chi connectivity index (χ2n) is 8.77. The number of carbonyl (C=O) groups is 2. The fraction of sp³-hybridized carbons (Fsp3) is 0.423. The van der Waals surface area contributed by atoms with E-state index in [0.717, 1.165) is 25.0 Å². The van der Waals surface area contributed by atoms with Crippen LogP contribution in [0.5, 0.6) is 5.88 Å². The van der Waals surface area contributed by atoms with Crippen molar-refractivity contribution in [3.63, 3.8) is 0 Å². The van der Waals surface area contributed by atoms with Crippen molar-refractivity contribution in [2.24, 2.45) is 0 Å². The molecule has 2 aromatic rings. The minimum Gasteiger partial charge on any atom is -0.477 e. The van der Waals surface area contributed by atoms with Crippen LogP contribution in [0.4, 0.5) is 5.69 Å². The van der Waals surface area contributed by atoms with Crippen molar-refractivity contribution in [1.82, 2.24) is 15.5 Å². The summed E-state index contributed by atoms with van der Waals surface area (Å²) in [5.41, 5.74) is 2.65. The van der Waals surface area contributed by atoms with E-state index < -0.39 is 22.8 Å². The maximum Gasteiger partial charge on any atom is 0.336 e. The van der Waals surface area contributed by atoms with Gasteiger partial charge in [0.05, 0.1) is 42.3 Å². The van der Waals surface area contributed by atoms with Gasteiger partial charge < -0.3 is 19.5 Å². The third kappa shape index (κ3) is 6.96. The fourth-order valence-corrected chi connectivity index (χ4v) is 4.24. The number of carbonyl (C=O) groups excluding carboxylic acids is 2. The van der Waals surface area contributed by atoms with Crippen molar-refractivity contribution in [1.29, 1.82) is 0 Å². The number of unbranched alkanes of at least 4 members (excludes halogenated alkanes) is 3. The number of aromatic amines is 1. The molecule has 198 valence electrons. The third-order valence-corrected chi connectivity index (χ3v) is 6.00. The quantitative estimate of drug-likeness (QED) is 0.185. The molecule has 1 aliphatic rings. The Morgan fingerprint density at radius 3 is 2.30 bits per heavy atom. The van der Waals surface area contributed by atoms with E-state index in [4.69, 9.17) is 14.2 Å². The zero-order valence-corrected chi connectivity index (χ0v) is 21.5. The van der Waals surface area contributed by atoms with E-state index in [1.165, 1.54) is 25.3 Å². The SMILES string of the molecule is COC(=O)C1=C(C)NC(C)=C(C(=O)OCCCCCCOc2cc(C)[nH]n2)C1c1cccc([N+](=O)[O-])c1. The number of hydrogen-bond donors (Lipinski definition) is 2. The predicted molar refractivity (Wildman–Crippen MR) is 135 cm³/mol. The van der Waals surface area contributed by atoms with Crippen LogP contribution in [-0.2, 0) is 19.1 Å².